The Bertz CT molecular complexity index is 364. The molecule has 0 heterocycles. The predicted octanol–water partition coefficient (Wildman–Crippen LogP) is 2.14. The van der Waals surface area contributed by atoms with Crippen LogP contribution in [0.25, 0.3) is 0 Å². The number of benzene rings is 1. The van der Waals surface area contributed by atoms with Crippen molar-refractivity contribution in [2.75, 3.05) is 0 Å². The van der Waals surface area contributed by atoms with E-state index in [9.17, 15) is 9.90 Å². The van der Waals surface area contributed by atoms with Gasteiger partial charge in [-0.2, -0.15) is 0 Å². The molecule has 1 aliphatic carbocycles. The van der Waals surface area contributed by atoms with Crippen LogP contribution in [0.15, 0.2) is 30.3 Å². The summed E-state index contributed by atoms with van der Waals surface area (Å²) < 4.78 is 5.26. The highest BCUT2D eigenvalue weighted by Gasteiger charge is 2.35. The first-order chi connectivity index (χ1) is 8.16. The first kappa shape index (κ1) is 12.1. The summed E-state index contributed by atoms with van der Waals surface area (Å²) in [4.78, 5) is 11.8. The largest absolute Gasteiger partial charge is 0.461 e. The first-order valence-corrected chi connectivity index (χ1v) is 6.05. The smallest absolute Gasteiger partial charge is 0.309 e. The van der Waals surface area contributed by atoms with Gasteiger partial charge >= 0.3 is 5.97 Å². The van der Waals surface area contributed by atoms with Crippen LogP contribution in [0.2, 0.25) is 0 Å². The molecule has 0 amide bonds. The third-order valence-electron chi connectivity index (χ3n) is 3.40. The predicted molar refractivity (Wildman–Crippen MR) is 64.1 cm³/mol. The van der Waals surface area contributed by atoms with Gasteiger partial charge in [-0.15, -0.1) is 0 Å². The molecule has 1 aromatic carbocycles. The molecule has 1 saturated carbocycles. The minimum atomic E-state index is -0.357. The summed E-state index contributed by atoms with van der Waals surface area (Å²) in [5.74, 6) is -0.120. The summed E-state index contributed by atoms with van der Waals surface area (Å²) >= 11 is 0. The van der Waals surface area contributed by atoms with E-state index in [1.54, 1.807) is 0 Å². The van der Waals surface area contributed by atoms with Gasteiger partial charge < -0.3 is 9.84 Å². The van der Waals surface area contributed by atoms with Gasteiger partial charge in [0.15, 0.2) is 0 Å². The lowest BCUT2D eigenvalue weighted by atomic mass is 10.1. The van der Waals surface area contributed by atoms with Crippen molar-refractivity contribution in [1.82, 2.24) is 0 Å². The summed E-state index contributed by atoms with van der Waals surface area (Å²) in [6.07, 6.45) is 0.910. The van der Waals surface area contributed by atoms with E-state index >= 15 is 0 Å². The Morgan fingerprint density at radius 1 is 1.35 bits per heavy atom. The Morgan fingerprint density at radius 2 is 2.06 bits per heavy atom. The fraction of sp³-hybridized carbons (Fsp3) is 0.500. The number of rotatable bonds is 3. The van der Waals surface area contributed by atoms with Crippen LogP contribution in [0.3, 0.4) is 0 Å². The molecule has 3 unspecified atom stereocenters. The van der Waals surface area contributed by atoms with Crippen LogP contribution in [-0.4, -0.2) is 17.2 Å². The van der Waals surface area contributed by atoms with Crippen LogP contribution >= 0.6 is 0 Å². The molecule has 3 heteroatoms. The van der Waals surface area contributed by atoms with E-state index in [1.807, 2.05) is 37.3 Å². The molecule has 1 aliphatic rings. The van der Waals surface area contributed by atoms with Gasteiger partial charge in [-0.05, 0) is 24.3 Å². The van der Waals surface area contributed by atoms with E-state index in [2.05, 4.69) is 0 Å². The molecule has 3 atom stereocenters. The number of hydrogen-bond acceptors (Lipinski definition) is 3. The Balaban J connectivity index is 1.82. The second-order valence-corrected chi connectivity index (χ2v) is 4.81. The summed E-state index contributed by atoms with van der Waals surface area (Å²) in [6.45, 7) is 2.29. The molecule has 92 valence electrons. The molecule has 1 N–H and O–H groups in total. The second kappa shape index (κ2) is 5.32. The van der Waals surface area contributed by atoms with E-state index in [-0.39, 0.29) is 23.9 Å². The van der Waals surface area contributed by atoms with Crippen LogP contribution in [-0.2, 0) is 16.1 Å². The van der Waals surface area contributed by atoms with Crippen molar-refractivity contribution in [3.05, 3.63) is 35.9 Å². The normalized spacial score (nSPS) is 28.0. The average molecular weight is 234 g/mol. The molecular weight excluding hydrogens is 216 g/mol. The zero-order valence-electron chi connectivity index (χ0n) is 10.0. The highest BCUT2D eigenvalue weighted by Crippen LogP contribution is 2.31. The van der Waals surface area contributed by atoms with E-state index in [4.69, 9.17) is 4.74 Å². The van der Waals surface area contributed by atoms with E-state index < -0.39 is 0 Å². The maximum absolute atomic E-state index is 11.8. The maximum atomic E-state index is 11.8. The van der Waals surface area contributed by atoms with Crippen LogP contribution < -0.4 is 0 Å². The minimum Gasteiger partial charge on any atom is -0.461 e. The van der Waals surface area contributed by atoms with Crippen molar-refractivity contribution in [1.29, 1.82) is 0 Å². The Kier molecular flexibility index (Phi) is 3.79. The number of esters is 1. The molecule has 17 heavy (non-hydrogen) atoms. The standard InChI is InChI=1S/C14H18O3/c1-10-7-12(8-13(10)15)14(16)17-9-11-5-3-2-4-6-11/h2-6,10,12-13,15H,7-9H2,1H3. The molecule has 1 fully saturated rings. The lowest BCUT2D eigenvalue weighted by Crippen LogP contribution is -2.15. The van der Waals surface area contributed by atoms with Crippen LogP contribution in [0, 0.1) is 11.8 Å². The third-order valence-corrected chi connectivity index (χ3v) is 3.40. The zero-order valence-corrected chi connectivity index (χ0v) is 10.0. The van der Waals surface area contributed by atoms with Gasteiger partial charge in [-0.25, -0.2) is 0 Å². The van der Waals surface area contributed by atoms with Gasteiger partial charge in [0.2, 0.25) is 0 Å². The number of aliphatic hydroxyl groups is 1. The average Bonchev–Trinajstić information content (AvgIpc) is 2.68. The SMILES string of the molecule is CC1CC(C(=O)OCc2ccccc2)CC1O. The van der Waals surface area contributed by atoms with Crippen molar-refractivity contribution >= 4 is 5.97 Å². The molecule has 0 radical (unpaired) electrons. The number of carbonyl (C=O) groups excluding carboxylic acids is 1. The van der Waals surface area contributed by atoms with Gasteiger partial charge in [0.05, 0.1) is 12.0 Å². The van der Waals surface area contributed by atoms with Crippen molar-refractivity contribution in [3.63, 3.8) is 0 Å². The fourth-order valence-electron chi connectivity index (χ4n) is 2.26. The van der Waals surface area contributed by atoms with Crippen molar-refractivity contribution < 1.29 is 14.6 Å². The summed E-state index contributed by atoms with van der Waals surface area (Å²) in [6, 6.07) is 9.63. The van der Waals surface area contributed by atoms with Gasteiger partial charge in [0.25, 0.3) is 0 Å². The lowest BCUT2D eigenvalue weighted by molar-refractivity contribution is -0.150. The summed E-state index contributed by atoms with van der Waals surface area (Å²) in [7, 11) is 0. The van der Waals surface area contributed by atoms with E-state index in [0.29, 0.717) is 13.0 Å². The van der Waals surface area contributed by atoms with E-state index in [0.717, 1.165) is 12.0 Å². The number of hydrogen-bond donors (Lipinski definition) is 1. The van der Waals surface area contributed by atoms with Crippen molar-refractivity contribution in [2.24, 2.45) is 11.8 Å². The number of ether oxygens (including phenoxy) is 1. The molecule has 0 bridgehead atoms. The number of aliphatic hydroxyl groups excluding tert-OH is 1. The van der Waals surface area contributed by atoms with Gasteiger partial charge in [-0.1, -0.05) is 37.3 Å². The highest BCUT2D eigenvalue weighted by atomic mass is 16.5. The maximum Gasteiger partial charge on any atom is 0.309 e. The monoisotopic (exact) mass is 234 g/mol. The molecule has 0 aliphatic heterocycles. The molecule has 0 spiro atoms. The summed E-state index contributed by atoms with van der Waals surface area (Å²) in [5, 5.41) is 9.59. The van der Waals surface area contributed by atoms with Crippen LogP contribution in [0.4, 0.5) is 0 Å². The number of carbonyl (C=O) groups is 1. The first-order valence-electron chi connectivity index (χ1n) is 6.05. The third kappa shape index (κ3) is 3.07. The summed E-state index contributed by atoms with van der Waals surface area (Å²) in [5.41, 5.74) is 0.993. The molecule has 2 rings (SSSR count). The quantitative estimate of drug-likeness (QED) is 0.815. The molecule has 1 aromatic rings. The Labute approximate surface area is 101 Å². The zero-order chi connectivity index (χ0) is 12.3. The molecule has 3 nitrogen and oxygen atoms in total. The molecular formula is C14H18O3. The minimum absolute atomic E-state index is 0.135. The second-order valence-electron chi connectivity index (χ2n) is 4.81. The Hall–Kier alpha value is -1.35. The fourth-order valence-corrected chi connectivity index (χ4v) is 2.26. The highest BCUT2D eigenvalue weighted by molar-refractivity contribution is 5.72. The van der Waals surface area contributed by atoms with Crippen LogP contribution in [0.5, 0.6) is 0 Å². The molecule has 0 saturated heterocycles. The van der Waals surface area contributed by atoms with E-state index in [1.165, 1.54) is 0 Å². The van der Waals surface area contributed by atoms with Gasteiger partial charge in [-0.3, -0.25) is 4.79 Å². The van der Waals surface area contributed by atoms with Crippen molar-refractivity contribution in [3.8, 4) is 0 Å². The van der Waals surface area contributed by atoms with Gasteiger partial charge in [0.1, 0.15) is 6.61 Å². The topological polar surface area (TPSA) is 46.5 Å². The van der Waals surface area contributed by atoms with Crippen LogP contribution in [0.1, 0.15) is 25.3 Å². The Morgan fingerprint density at radius 3 is 2.65 bits per heavy atom. The molecule has 0 aromatic heterocycles. The lowest BCUT2D eigenvalue weighted by Gasteiger charge is -2.09. The van der Waals surface area contributed by atoms with Crippen molar-refractivity contribution in [2.45, 2.75) is 32.5 Å². The van der Waals surface area contributed by atoms with Gasteiger partial charge in [0, 0.05) is 0 Å².